The summed E-state index contributed by atoms with van der Waals surface area (Å²) in [4.78, 5) is 12.1. The molecule has 0 bridgehead atoms. The second-order valence-electron chi connectivity index (χ2n) is 4.71. The molecule has 4 nitrogen and oxygen atoms in total. The zero-order valence-corrected chi connectivity index (χ0v) is 13.1. The summed E-state index contributed by atoms with van der Waals surface area (Å²) in [6.45, 7) is 3.56. The molecule has 1 N–H and O–H groups in total. The predicted molar refractivity (Wildman–Crippen MR) is 82.0 cm³/mol. The molecule has 0 saturated heterocycles. The third-order valence-electron chi connectivity index (χ3n) is 2.95. The van der Waals surface area contributed by atoms with Crippen LogP contribution >= 0.6 is 11.6 Å². The van der Waals surface area contributed by atoms with Gasteiger partial charge in [-0.05, 0) is 49.7 Å². The van der Waals surface area contributed by atoms with Crippen LogP contribution in [0.3, 0.4) is 0 Å². The van der Waals surface area contributed by atoms with Crippen molar-refractivity contribution in [2.24, 2.45) is 0 Å². The molecule has 0 saturated carbocycles. The minimum absolute atomic E-state index is 0.0930. The van der Waals surface area contributed by atoms with Gasteiger partial charge in [-0.1, -0.05) is 29.3 Å². The van der Waals surface area contributed by atoms with Crippen molar-refractivity contribution in [1.29, 1.82) is 0 Å². The van der Waals surface area contributed by atoms with Crippen molar-refractivity contribution in [3.63, 3.8) is 0 Å². The first-order chi connectivity index (χ1) is 9.79. The van der Waals surface area contributed by atoms with Gasteiger partial charge in [-0.15, -0.1) is 0 Å². The first-order valence-corrected chi connectivity index (χ1v) is 8.06. The van der Waals surface area contributed by atoms with E-state index in [0.29, 0.717) is 10.6 Å². The molecular weight excluding hydrogens is 310 g/mol. The molecule has 1 amide bonds. The summed E-state index contributed by atoms with van der Waals surface area (Å²) in [6.07, 6.45) is 0. The van der Waals surface area contributed by atoms with Gasteiger partial charge in [-0.25, -0.2) is 13.1 Å². The first kappa shape index (κ1) is 15.5. The highest BCUT2D eigenvalue weighted by molar-refractivity contribution is 7.90. The van der Waals surface area contributed by atoms with Crippen LogP contribution in [0.25, 0.3) is 0 Å². The quantitative estimate of drug-likeness (QED) is 0.944. The largest absolute Gasteiger partial charge is 0.268 e. The van der Waals surface area contributed by atoms with E-state index in [2.05, 4.69) is 4.72 Å². The van der Waals surface area contributed by atoms with E-state index in [-0.39, 0.29) is 10.5 Å². The van der Waals surface area contributed by atoms with Crippen molar-refractivity contribution in [1.82, 2.24) is 4.72 Å². The van der Waals surface area contributed by atoms with E-state index in [1.807, 2.05) is 6.92 Å². The van der Waals surface area contributed by atoms with E-state index in [0.717, 1.165) is 5.56 Å². The molecule has 0 atom stereocenters. The van der Waals surface area contributed by atoms with Gasteiger partial charge in [0.05, 0.1) is 4.90 Å². The number of aryl methyl sites for hydroxylation is 2. The van der Waals surface area contributed by atoms with Crippen molar-refractivity contribution in [2.45, 2.75) is 18.7 Å². The number of hydrogen-bond acceptors (Lipinski definition) is 3. The predicted octanol–water partition coefficient (Wildman–Crippen LogP) is 3.08. The van der Waals surface area contributed by atoms with E-state index >= 15 is 0 Å². The van der Waals surface area contributed by atoms with Crippen LogP contribution in [-0.2, 0) is 10.0 Å². The highest BCUT2D eigenvalue weighted by Crippen LogP contribution is 2.17. The average Bonchev–Trinajstić information content (AvgIpc) is 2.38. The Morgan fingerprint density at radius 3 is 2.24 bits per heavy atom. The van der Waals surface area contributed by atoms with Crippen molar-refractivity contribution in [2.75, 3.05) is 0 Å². The molecule has 2 aromatic carbocycles. The molecule has 21 heavy (non-hydrogen) atoms. The number of amides is 1. The Kier molecular flexibility index (Phi) is 4.34. The van der Waals surface area contributed by atoms with E-state index in [1.54, 1.807) is 19.1 Å². The van der Waals surface area contributed by atoms with Crippen LogP contribution < -0.4 is 4.72 Å². The molecule has 0 aromatic heterocycles. The molecule has 0 fully saturated rings. The Morgan fingerprint density at radius 1 is 1.05 bits per heavy atom. The van der Waals surface area contributed by atoms with Crippen LogP contribution in [0.5, 0.6) is 0 Å². The van der Waals surface area contributed by atoms with Crippen LogP contribution in [0, 0.1) is 13.8 Å². The molecule has 110 valence electrons. The van der Waals surface area contributed by atoms with E-state index in [9.17, 15) is 13.2 Å². The number of halogens is 1. The number of sulfonamides is 1. The molecule has 2 rings (SSSR count). The lowest BCUT2D eigenvalue weighted by Gasteiger charge is -2.10. The van der Waals surface area contributed by atoms with Crippen molar-refractivity contribution >= 4 is 27.5 Å². The lowest BCUT2D eigenvalue weighted by molar-refractivity contribution is 0.0981. The molecule has 0 aliphatic carbocycles. The van der Waals surface area contributed by atoms with Crippen LogP contribution in [-0.4, -0.2) is 14.3 Å². The molecule has 0 radical (unpaired) electrons. The first-order valence-electron chi connectivity index (χ1n) is 6.19. The summed E-state index contributed by atoms with van der Waals surface area (Å²) < 4.78 is 26.6. The van der Waals surface area contributed by atoms with Gasteiger partial charge in [0.25, 0.3) is 15.9 Å². The van der Waals surface area contributed by atoms with Crippen molar-refractivity contribution in [3.05, 3.63) is 64.2 Å². The van der Waals surface area contributed by atoms with E-state index in [1.165, 1.54) is 30.3 Å². The van der Waals surface area contributed by atoms with Crippen molar-refractivity contribution in [3.8, 4) is 0 Å². The molecule has 0 spiro atoms. The Bertz CT molecular complexity index is 783. The van der Waals surface area contributed by atoms with Gasteiger partial charge in [0.15, 0.2) is 0 Å². The number of rotatable bonds is 3. The molecule has 6 heteroatoms. The fraction of sp³-hybridized carbons (Fsp3) is 0.133. The SMILES string of the molecule is Cc1ccc(S(=O)(=O)NC(=O)c2ccc(Cl)cc2)c(C)c1. The number of carbonyl (C=O) groups excluding carboxylic acids is 1. The molecule has 0 heterocycles. The van der Waals surface area contributed by atoms with Gasteiger partial charge in [0.2, 0.25) is 0 Å². The Balaban J connectivity index is 2.29. The van der Waals surface area contributed by atoms with Crippen LogP contribution in [0.1, 0.15) is 21.5 Å². The average molecular weight is 324 g/mol. The highest BCUT2D eigenvalue weighted by atomic mass is 35.5. The summed E-state index contributed by atoms with van der Waals surface area (Å²) >= 11 is 5.73. The van der Waals surface area contributed by atoms with E-state index in [4.69, 9.17) is 11.6 Å². The van der Waals surface area contributed by atoms with Crippen LogP contribution in [0.4, 0.5) is 0 Å². The fourth-order valence-corrected chi connectivity index (χ4v) is 3.27. The molecule has 2 aromatic rings. The zero-order valence-electron chi connectivity index (χ0n) is 11.6. The maximum absolute atomic E-state index is 12.3. The summed E-state index contributed by atoms with van der Waals surface area (Å²) in [5.41, 5.74) is 1.77. The fourth-order valence-electron chi connectivity index (χ4n) is 1.94. The standard InChI is InChI=1S/C15H14ClNO3S/c1-10-3-8-14(11(2)9-10)21(19,20)17-15(18)12-4-6-13(16)7-5-12/h3-9H,1-2H3,(H,17,18). The summed E-state index contributed by atoms with van der Waals surface area (Å²) in [5, 5.41) is 0.476. The Morgan fingerprint density at radius 2 is 1.67 bits per heavy atom. The smallest absolute Gasteiger partial charge is 0.264 e. The third-order valence-corrected chi connectivity index (χ3v) is 4.70. The van der Waals surface area contributed by atoms with E-state index < -0.39 is 15.9 Å². The van der Waals surface area contributed by atoms with Gasteiger partial charge < -0.3 is 0 Å². The highest BCUT2D eigenvalue weighted by Gasteiger charge is 2.20. The third kappa shape index (κ3) is 3.62. The van der Waals surface area contributed by atoms with Gasteiger partial charge in [-0.2, -0.15) is 0 Å². The summed E-state index contributed by atoms with van der Waals surface area (Å²) in [6, 6.07) is 10.9. The lowest BCUT2D eigenvalue weighted by Crippen LogP contribution is -2.31. The van der Waals surface area contributed by atoms with Gasteiger partial charge >= 0.3 is 0 Å². The van der Waals surface area contributed by atoms with Gasteiger partial charge in [0, 0.05) is 10.6 Å². The van der Waals surface area contributed by atoms with Crippen LogP contribution in [0.15, 0.2) is 47.4 Å². The normalized spacial score (nSPS) is 11.2. The second-order valence-corrected chi connectivity index (χ2v) is 6.80. The molecule has 0 aliphatic rings. The monoisotopic (exact) mass is 323 g/mol. The lowest BCUT2D eigenvalue weighted by atomic mass is 10.2. The number of nitrogens with one attached hydrogen (secondary N) is 1. The Hall–Kier alpha value is -1.85. The summed E-state index contributed by atoms with van der Waals surface area (Å²) in [7, 11) is -3.90. The maximum Gasteiger partial charge on any atom is 0.264 e. The topological polar surface area (TPSA) is 63.2 Å². The number of carbonyl (C=O) groups is 1. The van der Waals surface area contributed by atoms with Gasteiger partial charge in [0.1, 0.15) is 0 Å². The summed E-state index contributed by atoms with van der Waals surface area (Å²) in [5.74, 6) is -0.688. The zero-order chi connectivity index (χ0) is 15.6. The number of hydrogen-bond donors (Lipinski definition) is 1. The maximum atomic E-state index is 12.3. The van der Waals surface area contributed by atoms with Crippen LogP contribution in [0.2, 0.25) is 5.02 Å². The Labute approximate surface area is 128 Å². The minimum Gasteiger partial charge on any atom is -0.268 e. The second kappa shape index (κ2) is 5.87. The minimum atomic E-state index is -3.90. The molecular formula is C15H14ClNO3S. The van der Waals surface area contributed by atoms with Crippen molar-refractivity contribution < 1.29 is 13.2 Å². The number of benzene rings is 2. The molecule has 0 aliphatic heterocycles. The molecule has 0 unspecified atom stereocenters. The van der Waals surface area contributed by atoms with Gasteiger partial charge in [-0.3, -0.25) is 4.79 Å².